The van der Waals surface area contributed by atoms with Crippen molar-refractivity contribution in [3.63, 3.8) is 0 Å². The minimum atomic E-state index is -0.229. The summed E-state index contributed by atoms with van der Waals surface area (Å²) in [7, 11) is 1.78. The lowest BCUT2D eigenvalue weighted by molar-refractivity contribution is -0.132. The molecular weight excluding hydrogens is 258 g/mol. The third-order valence-electron chi connectivity index (χ3n) is 3.74. The fraction of sp³-hybridized carbons (Fsp3) is 0.615. The van der Waals surface area contributed by atoms with Crippen LogP contribution >= 0.6 is 0 Å². The zero-order valence-corrected chi connectivity index (χ0v) is 11.7. The molecule has 0 spiro atoms. The number of hydrogen-bond donors (Lipinski definition) is 2. The Bertz CT molecular complexity index is 451. The van der Waals surface area contributed by atoms with Crippen LogP contribution in [0.15, 0.2) is 12.3 Å². The Morgan fingerprint density at radius 2 is 2.20 bits per heavy atom. The maximum Gasteiger partial charge on any atom is 0.236 e. The number of nitrogens with zero attached hydrogens (tertiary/aromatic N) is 3. The van der Waals surface area contributed by atoms with Crippen molar-refractivity contribution < 1.29 is 9.59 Å². The SMILES string of the molecule is CN(Cc1ccn[nH]1)C(=O)CN1CCC(C(N)=O)CC1. The zero-order chi connectivity index (χ0) is 14.5. The summed E-state index contributed by atoms with van der Waals surface area (Å²) in [5.74, 6) is -0.200. The van der Waals surface area contributed by atoms with Crippen LogP contribution in [0.25, 0.3) is 0 Å². The summed E-state index contributed by atoms with van der Waals surface area (Å²) >= 11 is 0. The molecule has 7 heteroatoms. The highest BCUT2D eigenvalue weighted by molar-refractivity contribution is 5.78. The topological polar surface area (TPSA) is 95.3 Å². The average Bonchev–Trinajstić information content (AvgIpc) is 2.92. The number of primary amides is 1. The summed E-state index contributed by atoms with van der Waals surface area (Å²) in [6.07, 6.45) is 3.15. The van der Waals surface area contributed by atoms with Crippen LogP contribution in [0.2, 0.25) is 0 Å². The van der Waals surface area contributed by atoms with Gasteiger partial charge in [-0.15, -0.1) is 0 Å². The number of amides is 2. The van der Waals surface area contributed by atoms with Crippen LogP contribution in [0.1, 0.15) is 18.5 Å². The highest BCUT2D eigenvalue weighted by Crippen LogP contribution is 2.16. The fourth-order valence-electron chi connectivity index (χ4n) is 2.40. The monoisotopic (exact) mass is 279 g/mol. The van der Waals surface area contributed by atoms with Crippen molar-refractivity contribution in [2.75, 3.05) is 26.7 Å². The van der Waals surface area contributed by atoms with Gasteiger partial charge in [0.1, 0.15) is 0 Å². The number of aromatic amines is 1. The molecule has 1 aliphatic heterocycles. The molecule has 3 N–H and O–H groups in total. The van der Waals surface area contributed by atoms with Crippen molar-refractivity contribution >= 4 is 11.8 Å². The van der Waals surface area contributed by atoms with Gasteiger partial charge in [-0.1, -0.05) is 0 Å². The number of hydrogen-bond acceptors (Lipinski definition) is 4. The average molecular weight is 279 g/mol. The van der Waals surface area contributed by atoms with Crippen LogP contribution in [-0.2, 0) is 16.1 Å². The lowest BCUT2D eigenvalue weighted by Crippen LogP contribution is -2.43. The first-order valence-electron chi connectivity index (χ1n) is 6.80. The largest absolute Gasteiger partial charge is 0.369 e. The second kappa shape index (κ2) is 6.51. The van der Waals surface area contributed by atoms with Crippen molar-refractivity contribution in [3.05, 3.63) is 18.0 Å². The zero-order valence-electron chi connectivity index (χ0n) is 11.7. The van der Waals surface area contributed by atoms with Crippen molar-refractivity contribution in [2.24, 2.45) is 11.7 Å². The standard InChI is InChI=1S/C13H21N5O2/c1-17(8-11-2-5-15-16-11)12(19)9-18-6-3-10(4-7-18)13(14)20/h2,5,10H,3-4,6-9H2,1H3,(H2,14,20)(H,15,16). The Morgan fingerprint density at radius 1 is 1.50 bits per heavy atom. The van der Waals surface area contributed by atoms with E-state index in [1.165, 1.54) is 0 Å². The fourth-order valence-corrected chi connectivity index (χ4v) is 2.40. The van der Waals surface area contributed by atoms with E-state index in [-0.39, 0.29) is 17.7 Å². The van der Waals surface area contributed by atoms with Gasteiger partial charge in [-0.2, -0.15) is 5.10 Å². The highest BCUT2D eigenvalue weighted by Gasteiger charge is 2.24. The summed E-state index contributed by atoms with van der Waals surface area (Å²) in [6, 6.07) is 1.85. The highest BCUT2D eigenvalue weighted by atomic mass is 16.2. The molecule has 1 saturated heterocycles. The van der Waals surface area contributed by atoms with Crippen molar-refractivity contribution in [3.8, 4) is 0 Å². The molecule has 0 unspecified atom stereocenters. The lowest BCUT2D eigenvalue weighted by Gasteiger charge is -2.31. The molecule has 0 atom stereocenters. The number of H-pyrrole nitrogens is 1. The first-order valence-corrected chi connectivity index (χ1v) is 6.80. The minimum Gasteiger partial charge on any atom is -0.369 e. The molecule has 0 radical (unpaired) electrons. The molecule has 2 rings (SSSR count). The van der Waals surface area contributed by atoms with E-state index in [4.69, 9.17) is 5.73 Å². The first kappa shape index (κ1) is 14.5. The van der Waals surface area contributed by atoms with E-state index in [2.05, 4.69) is 15.1 Å². The normalized spacial score (nSPS) is 17.1. The van der Waals surface area contributed by atoms with Crippen LogP contribution < -0.4 is 5.73 Å². The number of carbonyl (C=O) groups is 2. The first-order chi connectivity index (χ1) is 9.56. The minimum absolute atomic E-state index is 0.0379. The molecule has 2 heterocycles. The van der Waals surface area contributed by atoms with Gasteiger partial charge in [-0.25, -0.2) is 0 Å². The number of nitrogens with one attached hydrogen (secondary N) is 1. The van der Waals surface area contributed by atoms with Crippen LogP contribution in [0.4, 0.5) is 0 Å². The van der Waals surface area contributed by atoms with Gasteiger partial charge < -0.3 is 10.6 Å². The Labute approximate surface area is 118 Å². The van der Waals surface area contributed by atoms with Crippen LogP contribution in [0, 0.1) is 5.92 Å². The van der Waals surface area contributed by atoms with Crippen molar-refractivity contribution in [1.29, 1.82) is 0 Å². The van der Waals surface area contributed by atoms with E-state index in [0.29, 0.717) is 13.1 Å². The number of likely N-dealkylation sites (tertiary alicyclic amines) is 1. The Balaban J connectivity index is 1.76. The Hall–Kier alpha value is -1.89. The smallest absolute Gasteiger partial charge is 0.236 e. The van der Waals surface area contributed by atoms with Crippen molar-refractivity contribution in [2.45, 2.75) is 19.4 Å². The maximum atomic E-state index is 12.1. The summed E-state index contributed by atoms with van der Waals surface area (Å²) in [4.78, 5) is 26.9. The molecule has 20 heavy (non-hydrogen) atoms. The predicted octanol–water partition coefficient (Wildman–Crippen LogP) is -0.435. The molecule has 0 bridgehead atoms. The number of nitrogens with two attached hydrogens (primary N) is 1. The molecule has 0 saturated carbocycles. The van der Waals surface area contributed by atoms with Crippen LogP contribution in [-0.4, -0.2) is 58.5 Å². The molecule has 110 valence electrons. The van der Waals surface area contributed by atoms with Gasteiger partial charge in [0.2, 0.25) is 11.8 Å². The van der Waals surface area contributed by atoms with E-state index >= 15 is 0 Å². The van der Waals surface area contributed by atoms with E-state index in [9.17, 15) is 9.59 Å². The third kappa shape index (κ3) is 3.80. The summed E-state index contributed by atoms with van der Waals surface area (Å²) in [5, 5.41) is 6.69. The number of carbonyl (C=O) groups excluding carboxylic acids is 2. The van der Waals surface area contributed by atoms with Crippen molar-refractivity contribution in [1.82, 2.24) is 20.0 Å². The second-order valence-corrected chi connectivity index (χ2v) is 5.28. The van der Waals surface area contributed by atoms with Crippen LogP contribution in [0.3, 0.4) is 0 Å². The van der Waals surface area contributed by atoms with Gasteiger partial charge in [0, 0.05) is 19.2 Å². The number of piperidine rings is 1. The number of rotatable bonds is 5. The molecule has 0 aromatic carbocycles. The molecular formula is C13H21N5O2. The quantitative estimate of drug-likeness (QED) is 0.764. The maximum absolute atomic E-state index is 12.1. The molecule has 1 aromatic rings. The number of aromatic nitrogens is 2. The van der Waals surface area contributed by atoms with Gasteiger partial charge in [0.15, 0.2) is 0 Å². The van der Waals surface area contributed by atoms with Gasteiger partial charge in [-0.3, -0.25) is 19.6 Å². The summed E-state index contributed by atoms with van der Waals surface area (Å²) in [5.41, 5.74) is 6.21. The number of likely N-dealkylation sites (N-methyl/N-ethyl adjacent to an activating group) is 1. The third-order valence-corrected chi connectivity index (χ3v) is 3.74. The second-order valence-electron chi connectivity index (χ2n) is 5.28. The molecule has 1 aliphatic rings. The van der Waals surface area contributed by atoms with Gasteiger partial charge >= 0.3 is 0 Å². The molecule has 0 aliphatic carbocycles. The van der Waals surface area contributed by atoms with Gasteiger partial charge in [0.05, 0.1) is 18.8 Å². The van der Waals surface area contributed by atoms with Gasteiger partial charge in [0.25, 0.3) is 0 Å². The summed E-state index contributed by atoms with van der Waals surface area (Å²) < 4.78 is 0. The van der Waals surface area contributed by atoms with E-state index in [1.807, 2.05) is 6.07 Å². The summed E-state index contributed by atoms with van der Waals surface area (Å²) in [6.45, 7) is 2.40. The van der Waals surface area contributed by atoms with Gasteiger partial charge in [-0.05, 0) is 32.0 Å². The van der Waals surface area contributed by atoms with E-state index < -0.39 is 0 Å². The molecule has 7 nitrogen and oxygen atoms in total. The van der Waals surface area contributed by atoms with E-state index in [0.717, 1.165) is 31.6 Å². The lowest BCUT2D eigenvalue weighted by atomic mass is 9.96. The van der Waals surface area contributed by atoms with Crippen LogP contribution in [0.5, 0.6) is 0 Å². The predicted molar refractivity (Wildman–Crippen MR) is 73.4 cm³/mol. The Kier molecular flexibility index (Phi) is 4.73. The Morgan fingerprint density at radius 3 is 2.75 bits per heavy atom. The molecule has 1 fully saturated rings. The molecule has 2 amide bonds. The molecule has 1 aromatic heterocycles. The van der Waals surface area contributed by atoms with E-state index in [1.54, 1.807) is 18.1 Å².